The number of unbranched alkanes of at least 4 members (excludes halogenated alkanes) is 44. The van der Waals surface area contributed by atoms with Crippen molar-refractivity contribution in [2.75, 3.05) is 13.2 Å². The lowest BCUT2D eigenvalue weighted by Gasteiger charge is -2.13. The molecule has 0 aromatic rings. The van der Waals surface area contributed by atoms with Crippen molar-refractivity contribution in [2.45, 2.75) is 388 Å². The molecule has 2 unspecified atom stereocenters. The van der Waals surface area contributed by atoms with E-state index >= 15 is 0 Å². The molecule has 0 saturated heterocycles. The Kier molecular flexibility index (Phi) is 63.4. The van der Waals surface area contributed by atoms with Gasteiger partial charge < -0.3 is 18.9 Å². The van der Waals surface area contributed by atoms with Crippen LogP contribution in [-0.2, 0) is 38.1 Å². The second kappa shape index (κ2) is 63.4. The van der Waals surface area contributed by atoms with Gasteiger partial charge in [0.15, 0.2) is 0 Å². The van der Waals surface area contributed by atoms with E-state index in [0.29, 0.717) is 25.7 Å². The zero-order valence-electron chi connectivity index (χ0n) is 50.6. The maximum Gasteiger partial charge on any atom is 0.306 e. The van der Waals surface area contributed by atoms with Crippen molar-refractivity contribution in [1.29, 1.82) is 0 Å². The van der Waals surface area contributed by atoms with Crippen molar-refractivity contribution in [3.8, 4) is 0 Å². The standard InChI is InChI=1S/C39H76O4.C27H52O4/c1-4-6-8-10-12-14-16-18-20-22-24-26-28-30-32-34-38(40)42-36-37(3)43-39(41)35-33-31-29-27-25-23-21-19-17-15-13-11-9-7-5-2;1-4-6-8-10-12-14-16-18-20-22-26(28)30-24-25(3)31-27(29)23-21-19-17-15-13-11-9-7-5-2/h37H,4-36H2,1-3H3;25H,4-24H2,1-3H3. The number of hydrogen-bond donors (Lipinski definition) is 0. The molecule has 0 aromatic heterocycles. The molecule has 0 spiro atoms. The Balaban J connectivity index is 0. The van der Waals surface area contributed by atoms with Gasteiger partial charge in [0.25, 0.3) is 0 Å². The highest BCUT2D eigenvalue weighted by molar-refractivity contribution is 5.71. The van der Waals surface area contributed by atoms with Crippen molar-refractivity contribution in [2.24, 2.45) is 0 Å². The molecule has 0 heterocycles. The minimum Gasteiger partial charge on any atom is -0.462 e. The van der Waals surface area contributed by atoms with Crippen LogP contribution in [-0.4, -0.2) is 49.3 Å². The highest BCUT2D eigenvalue weighted by atomic mass is 16.6. The number of carbonyl (C=O) groups excluding carboxylic acids is 4. The summed E-state index contributed by atoms with van der Waals surface area (Å²) in [7, 11) is 0. The smallest absolute Gasteiger partial charge is 0.306 e. The van der Waals surface area contributed by atoms with E-state index in [-0.39, 0.29) is 49.3 Å². The summed E-state index contributed by atoms with van der Waals surface area (Å²) in [6.45, 7) is 13.0. The first-order valence-corrected chi connectivity index (χ1v) is 32.9. The third-order valence-electron chi connectivity index (χ3n) is 14.6. The molecule has 0 aliphatic rings. The summed E-state index contributed by atoms with van der Waals surface area (Å²) < 4.78 is 21.4. The maximum atomic E-state index is 12.1. The van der Waals surface area contributed by atoms with E-state index < -0.39 is 0 Å². The Morgan fingerprint density at radius 1 is 0.230 bits per heavy atom. The van der Waals surface area contributed by atoms with E-state index in [9.17, 15) is 19.2 Å². The Morgan fingerprint density at radius 3 is 0.554 bits per heavy atom. The summed E-state index contributed by atoms with van der Waals surface area (Å²) in [6.07, 6.45) is 62.8. The third kappa shape index (κ3) is 64.2. The van der Waals surface area contributed by atoms with Gasteiger partial charge in [0.2, 0.25) is 0 Å². The number of ether oxygens (including phenoxy) is 4. The molecule has 0 aliphatic heterocycles. The predicted molar refractivity (Wildman–Crippen MR) is 316 cm³/mol. The fourth-order valence-electron chi connectivity index (χ4n) is 9.64. The van der Waals surface area contributed by atoms with Gasteiger partial charge in [0.05, 0.1) is 0 Å². The molecule has 0 saturated carbocycles. The molecular formula is C66H128O8. The SMILES string of the molecule is CCCCCCCCCCCC(=O)OCC(C)OC(=O)CCCCCCCCCCC.CCCCCCCCCCCCCCCCCC(=O)OCC(C)OC(=O)CCCCCCCCCCCCCCCCC. The van der Waals surface area contributed by atoms with Crippen LogP contribution in [0.5, 0.6) is 0 Å². The Morgan fingerprint density at radius 2 is 0.378 bits per heavy atom. The molecule has 0 radical (unpaired) electrons. The Hall–Kier alpha value is -2.12. The van der Waals surface area contributed by atoms with Gasteiger partial charge in [-0.25, -0.2) is 0 Å². The van der Waals surface area contributed by atoms with E-state index in [0.717, 1.165) is 51.4 Å². The summed E-state index contributed by atoms with van der Waals surface area (Å²) >= 11 is 0. The summed E-state index contributed by atoms with van der Waals surface area (Å²) in [5, 5.41) is 0. The minimum absolute atomic E-state index is 0.166. The average molecular weight is 1050 g/mol. The number of hydrogen-bond acceptors (Lipinski definition) is 8. The van der Waals surface area contributed by atoms with Crippen molar-refractivity contribution < 1.29 is 38.1 Å². The molecule has 0 aromatic carbocycles. The lowest BCUT2D eigenvalue weighted by molar-refractivity contribution is -0.158. The van der Waals surface area contributed by atoms with Gasteiger partial charge in [-0.05, 0) is 39.5 Å². The first-order chi connectivity index (χ1) is 36.2. The first-order valence-electron chi connectivity index (χ1n) is 32.9. The molecule has 2 atom stereocenters. The van der Waals surface area contributed by atoms with Crippen LogP contribution in [0.15, 0.2) is 0 Å². The molecule has 440 valence electrons. The van der Waals surface area contributed by atoms with E-state index in [1.165, 1.54) is 257 Å². The van der Waals surface area contributed by atoms with Crippen LogP contribution in [0.4, 0.5) is 0 Å². The monoisotopic (exact) mass is 1050 g/mol. The second-order valence-electron chi connectivity index (χ2n) is 22.5. The fraction of sp³-hybridized carbons (Fsp3) is 0.939. The quantitative estimate of drug-likeness (QED) is 0.0337. The fourth-order valence-corrected chi connectivity index (χ4v) is 9.64. The van der Waals surface area contributed by atoms with Crippen LogP contribution in [0.25, 0.3) is 0 Å². The third-order valence-corrected chi connectivity index (χ3v) is 14.6. The van der Waals surface area contributed by atoms with Crippen LogP contribution in [0.3, 0.4) is 0 Å². The van der Waals surface area contributed by atoms with Crippen LogP contribution >= 0.6 is 0 Å². The molecule has 8 nitrogen and oxygen atoms in total. The molecule has 0 N–H and O–H groups in total. The summed E-state index contributed by atoms with van der Waals surface area (Å²) in [4.78, 5) is 47.9. The van der Waals surface area contributed by atoms with Crippen molar-refractivity contribution in [3.63, 3.8) is 0 Å². The zero-order chi connectivity index (χ0) is 54.5. The number of carbonyl (C=O) groups is 4. The molecule has 0 rings (SSSR count). The molecule has 0 amide bonds. The molecule has 0 fully saturated rings. The zero-order valence-corrected chi connectivity index (χ0v) is 50.6. The van der Waals surface area contributed by atoms with Gasteiger partial charge in [-0.1, -0.05) is 310 Å². The molecular weight excluding hydrogens is 921 g/mol. The largest absolute Gasteiger partial charge is 0.462 e. The van der Waals surface area contributed by atoms with E-state index in [2.05, 4.69) is 27.7 Å². The average Bonchev–Trinajstić information content (AvgIpc) is 3.38. The number of rotatable bonds is 58. The van der Waals surface area contributed by atoms with E-state index in [4.69, 9.17) is 18.9 Å². The molecule has 0 bridgehead atoms. The highest BCUT2D eigenvalue weighted by Crippen LogP contribution is 2.17. The maximum absolute atomic E-state index is 12.1. The lowest BCUT2D eigenvalue weighted by atomic mass is 10.0. The molecule has 74 heavy (non-hydrogen) atoms. The van der Waals surface area contributed by atoms with Crippen molar-refractivity contribution >= 4 is 23.9 Å². The van der Waals surface area contributed by atoms with Gasteiger partial charge in [-0.3, -0.25) is 19.2 Å². The lowest BCUT2D eigenvalue weighted by Crippen LogP contribution is -2.22. The van der Waals surface area contributed by atoms with Crippen LogP contribution in [0, 0.1) is 0 Å². The van der Waals surface area contributed by atoms with Gasteiger partial charge in [-0.15, -0.1) is 0 Å². The highest BCUT2D eigenvalue weighted by Gasteiger charge is 2.14. The molecule has 0 aliphatic carbocycles. The van der Waals surface area contributed by atoms with Crippen molar-refractivity contribution in [1.82, 2.24) is 0 Å². The van der Waals surface area contributed by atoms with Gasteiger partial charge >= 0.3 is 23.9 Å². The van der Waals surface area contributed by atoms with Crippen molar-refractivity contribution in [3.05, 3.63) is 0 Å². The summed E-state index contributed by atoms with van der Waals surface area (Å²) in [5.74, 6) is -0.684. The minimum atomic E-state index is -0.367. The Bertz CT molecular complexity index is 1160. The topological polar surface area (TPSA) is 105 Å². The van der Waals surface area contributed by atoms with Gasteiger partial charge in [0.1, 0.15) is 25.4 Å². The van der Waals surface area contributed by atoms with E-state index in [1.807, 2.05) is 6.92 Å². The Labute approximate surface area is 461 Å². The summed E-state index contributed by atoms with van der Waals surface area (Å²) in [6, 6.07) is 0. The normalized spacial score (nSPS) is 12.0. The number of esters is 4. The van der Waals surface area contributed by atoms with Gasteiger partial charge in [-0.2, -0.15) is 0 Å². The first kappa shape index (κ1) is 74.0. The second-order valence-corrected chi connectivity index (χ2v) is 22.5. The van der Waals surface area contributed by atoms with Crippen LogP contribution < -0.4 is 0 Å². The van der Waals surface area contributed by atoms with Gasteiger partial charge in [0, 0.05) is 25.7 Å². The van der Waals surface area contributed by atoms with Crippen LogP contribution in [0.2, 0.25) is 0 Å². The predicted octanol–water partition coefficient (Wildman–Crippen LogP) is 21.3. The summed E-state index contributed by atoms with van der Waals surface area (Å²) in [5.41, 5.74) is 0. The van der Waals surface area contributed by atoms with E-state index in [1.54, 1.807) is 6.92 Å². The van der Waals surface area contributed by atoms with Crippen LogP contribution in [0.1, 0.15) is 375 Å². The molecule has 8 heteroatoms.